The monoisotopic (exact) mass is 422 g/mol. The number of hydrogen-bond donors (Lipinski definition) is 0. The third kappa shape index (κ3) is 3.69. The molecule has 0 aromatic heterocycles. The summed E-state index contributed by atoms with van der Waals surface area (Å²) in [4.78, 5) is 13.1. The Morgan fingerprint density at radius 3 is 1.36 bits per heavy atom. The Bertz CT molecular complexity index is 632. The van der Waals surface area contributed by atoms with Crippen LogP contribution in [0.2, 0.25) is 0 Å². The topological polar surface area (TPSA) is 17.1 Å². The summed E-state index contributed by atoms with van der Waals surface area (Å²) in [5.41, 5.74) is 3.49. The van der Waals surface area contributed by atoms with E-state index in [1.165, 1.54) is 0 Å². The lowest BCUT2D eigenvalue weighted by molar-refractivity contribution is 0.103. The second-order valence-corrected chi connectivity index (χ2v) is 10.3. The average Bonchev–Trinajstić information content (AvgIpc) is 2.45. The van der Waals surface area contributed by atoms with E-state index in [4.69, 9.17) is 0 Å². The smallest absolute Gasteiger partial charge is 0.193 e. The van der Waals surface area contributed by atoms with Crippen molar-refractivity contribution >= 4 is 37.6 Å². The van der Waals surface area contributed by atoms with Crippen molar-refractivity contribution < 1.29 is 4.79 Å². The van der Waals surface area contributed by atoms with Crippen LogP contribution < -0.4 is 0 Å². The minimum Gasteiger partial charge on any atom is -0.289 e. The summed E-state index contributed by atoms with van der Waals surface area (Å²) in [5.74, 6) is 0.0613. The van der Waals surface area contributed by atoms with Gasteiger partial charge in [0.1, 0.15) is 0 Å². The number of halogens is 2. The molecule has 0 N–H and O–H groups in total. The largest absolute Gasteiger partial charge is 0.289 e. The molecule has 0 heterocycles. The van der Waals surface area contributed by atoms with Gasteiger partial charge >= 0.3 is 0 Å². The summed E-state index contributed by atoms with van der Waals surface area (Å²) in [6.07, 6.45) is 0. The van der Waals surface area contributed by atoms with Crippen LogP contribution in [0.25, 0.3) is 0 Å². The lowest BCUT2D eigenvalue weighted by atomic mass is 9.88. The molecule has 3 heteroatoms. The van der Waals surface area contributed by atoms with Gasteiger partial charge in [0.05, 0.1) is 0 Å². The molecule has 22 heavy (non-hydrogen) atoms. The van der Waals surface area contributed by atoms with Gasteiger partial charge in [-0.25, -0.2) is 0 Å². The maximum Gasteiger partial charge on any atom is 0.193 e. The number of rotatable bonds is 4. The van der Waals surface area contributed by atoms with Gasteiger partial charge in [-0.2, -0.15) is 0 Å². The van der Waals surface area contributed by atoms with Gasteiger partial charge in [0.2, 0.25) is 0 Å². The number of benzene rings is 2. The Balaban J connectivity index is 2.61. The van der Waals surface area contributed by atoms with Crippen LogP contribution in [0.1, 0.15) is 54.7 Å². The highest BCUT2D eigenvalue weighted by molar-refractivity contribution is 9.09. The number of hydrogen-bond acceptors (Lipinski definition) is 1. The van der Waals surface area contributed by atoms with E-state index in [0.717, 1.165) is 22.3 Å². The van der Waals surface area contributed by atoms with E-state index in [2.05, 4.69) is 59.6 Å². The molecule has 116 valence electrons. The second-order valence-electron chi connectivity index (χ2n) is 6.37. The van der Waals surface area contributed by atoms with Crippen molar-refractivity contribution in [2.75, 3.05) is 0 Å². The van der Waals surface area contributed by atoms with Crippen molar-refractivity contribution in [3.8, 4) is 0 Å². The highest BCUT2D eigenvalue weighted by Crippen LogP contribution is 2.36. The highest BCUT2D eigenvalue weighted by Gasteiger charge is 2.27. The van der Waals surface area contributed by atoms with Gasteiger partial charge in [-0.15, -0.1) is 0 Å². The molecular formula is C19H20Br2O. The van der Waals surface area contributed by atoms with Gasteiger partial charge in [0, 0.05) is 19.8 Å². The van der Waals surface area contributed by atoms with Crippen molar-refractivity contribution in [1.82, 2.24) is 0 Å². The zero-order valence-electron chi connectivity index (χ0n) is 13.3. The maximum atomic E-state index is 13.1. The van der Waals surface area contributed by atoms with E-state index in [1.54, 1.807) is 0 Å². The molecule has 0 bridgehead atoms. The highest BCUT2D eigenvalue weighted by atomic mass is 79.9. The zero-order chi connectivity index (χ0) is 16.5. The molecule has 0 saturated heterocycles. The van der Waals surface area contributed by atoms with Crippen LogP contribution in [-0.4, -0.2) is 5.78 Å². The normalized spacial score (nSPS) is 12.3. The lowest BCUT2D eigenvalue weighted by Crippen LogP contribution is -2.18. The number of ketones is 1. The molecule has 2 aromatic rings. The fourth-order valence-corrected chi connectivity index (χ4v) is 3.24. The first-order valence-electron chi connectivity index (χ1n) is 7.24. The standard InChI is InChI=1S/C19H20Br2O/c1-18(2,20)15-11-7-5-9-13(15)17(22)14-10-6-8-12-16(14)19(3,4)21/h5-12H,1-4H3. The van der Waals surface area contributed by atoms with Crippen molar-refractivity contribution in [1.29, 1.82) is 0 Å². The Labute approximate surface area is 149 Å². The van der Waals surface area contributed by atoms with E-state index >= 15 is 0 Å². The van der Waals surface area contributed by atoms with Crippen LogP contribution in [0.4, 0.5) is 0 Å². The summed E-state index contributed by atoms with van der Waals surface area (Å²) in [6.45, 7) is 8.22. The van der Waals surface area contributed by atoms with Crippen LogP contribution >= 0.6 is 31.9 Å². The molecule has 0 aliphatic rings. The Morgan fingerprint density at radius 2 is 1.05 bits per heavy atom. The molecule has 0 amide bonds. The van der Waals surface area contributed by atoms with Crippen LogP contribution in [-0.2, 0) is 8.65 Å². The van der Waals surface area contributed by atoms with Crippen molar-refractivity contribution in [3.05, 3.63) is 70.8 Å². The van der Waals surface area contributed by atoms with Crippen LogP contribution in [0.5, 0.6) is 0 Å². The first-order valence-corrected chi connectivity index (χ1v) is 8.82. The van der Waals surface area contributed by atoms with Gasteiger partial charge in [0.15, 0.2) is 5.78 Å². The molecular weight excluding hydrogens is 404 g/mol. The minimum absolute atomic E-state index is 0.0613. The first-order chi connectivity index (χ1) is 10.1. The van der Waals surface area contributed by atoms with Gasteiger partial charge in [-0.05, 0) is 38.8 Å². The predicted molar refractivity (Wildman–Crippen MR) is 100 cm³/mol. The molecule has 0 aliphatic heterocycles. The van der Waals surface area contributed by atoms with Crippen molar-refractivity contribution in [2.24, 2.45) is 0 Å². The Hall–Kier alpha value is -0.930. The molecule has 0 fully saturated rings. The molecule has 1 nitrogen and oxygen atoms in total. The third-order valence-corrected chi connectivity index (χ3v) is 4.48. The maximum absolute atomic E-state index is 13.1. The third-order valence-electron chi connectivity index (χ3n) is 3.62. The molecule has 0 atom stereocenters. The molecule has 2 rings (SSSR count). The molecule has 0 saturated carbocycles. The van der Waals surface area contributed by atoms with Crippen molar-refractivity contribution in [2.45, 2.75) is 36.3 Å². The Morgan fingerprint density at radius 1 is 0.727 bits per heavy atom. The summed E-state index contributed by atoms with van der Waals surface area (Å²) in [7, 11) is 0. The van der Waals surface area contributed by atoms with E-state index in [9.17, 15) is 4.79 Å². The number of alkyl halides is 2. The van der Waals surface area contributed by atoms with Crippen molar-refractivity contribution in [3.63, 3.8) is 0 Å². The molecule has 0 radical (unpaired) electrons. The second kappa shape index (κ2) is 6.29. The zero-order valence-corrected chi connectivity index (χ0v) is 16.5. The molecule has 0 aliphatic carbocycles. The molecule has 0 spiro atoms. The van der Waals surface area contributed by atoms with Crippen LogP contribution in [0.3, 0.4) is 0 Å². The lowest BCUT2D eigenvalue weighted by Gasteiger charge is -2.23. The number of carbonyl (C=O) groups is 1. The van der Waals surface area contributed by atoms with Gasteiger partial charge < -0.3 is 0 Å². The van der Waals surface area contributed by atoms with E-state index in [1.807, 2.05) is 48.5 Å². The van der Waals surface area contributed by atoms with E-state index < -0.39 is 0 Å². The quantitative estimate of drug-likeness (QED) is 0.424. The first kappa shape index (κ1) is 17.4. The average molecular weight is 424 g/mol. The molecule has 2 aromatic carbocycles. The van der Waals surface area contributed by atoms with Gasteiger partial charge in [-0.3, -0.25) is 4.79 Å². The summed E-state index contributed by atoms with van der Waals surface area (Å²) in [6, 6.07) is 15.6. The summed E-state index contributed by atoms with van der Waals surface area (Å²) in [5, 5.41) is 0. The minimum atomic E-state index is -0.252. The summed E-state index contributed by atoms with van der Waals surface area (Å²) < 4.78 is -0.504. The number of carbonyl (C=O) groups excluding carboxylic acids is 1. The summed E-state index contributed by atoms with van der Waals surface area (Å²) >= 11 is 7.35. The van der Waals surface area contributed by atoms with Crippen LogP contribution in [0, 0.1) is 0 Å². The Kier molecular flexibility index (Phi) is 4.98. The van der Waals surface area contributed by atoms with E-state index in [0.29, 0.717) is 0 Å². The van der Waals surface area contributed by atoms with E-state index in [-0.39, 0.29) is 14.4 Å². The van der Waals surface area contributed by atoms with Gasteiger partial charge in [0.25, 0.3) is 0 Å². The fraction of sp³-hybridized carbons (Fsp3) is 0.316. The predicted octanol–water partition coefficient (Wildman–Crippen LogP) is 6.18. The molecule has 0 unspecified atom stereocenters. The fourth-order valence-electron chi connectivity index (χ4n) is 2.54. The SMILES string of the molecule is CC(C)(Br)c1ccccc1C(=O)c1ccccc1C(C)(C)Br. The van der Waals surface area contributed by atoms with Gasteiger partial charge in [-0.1, -0.05) is 80.4 Å². The van der Waals surface area contributed by atoms with Crippen LogP contribution in [0.15, 0.2) is 48.5 Å².